The second kappa shape index (κ2) is 8.82. The van der Waals surface area contributed by atoms with Crippen LogP contribution in [-0.4, -0.2) is 49.6 Å². The van der Waals surface area contributed by atoms with Gasteiger partial charge in [0.25, 0.3) is 0 Å². The summed E-state index contributed by atoms with van der Waals surface area (Å²) >= 11 is 0. The number of amidine groups is 1. The van der Waals surface area contributed by atoms with E-state index in [1.807, 2.05) is 30.3 Å². The van der Waals surface area contributed by atoms with E-state index in [4.69, 9.17) is 15.9 Å². The number of nitrogens with zero attached hydrogens (tertiary/aromatic N) is 2. The van der Waals surface area contributed by atoms with Crippen LogP contribution >= 0.6 is 0 Å². The Hall–Kier alpha value is -3.13. The highest BCUT2D eigenvalue weighted by molar-refractivity contribution is 6.01. The molecule has 0 fully saturated rings. The molecule has 1 aromatic heterocycles. The third-order valence-electron chi connectivity index (χ3n) is 3.72. The molecule has 1 atom stereocenters. The number of benzene rings is 1. The lowest BCUT2D eigenvalue weighted by atomic mass is 10.1. The van der Waals surface area contributed by atoms with E-state index in [0.717, 1.165) is 5.56 Å². The maximum absolute atomic E-state index is 12.3. The summed E-state index contributed by atoms with van der Waals surface area (Å²) in [5.74, 6) is 0.551. The lowest BCUT2D eigenvalue weighted by Gasteiger charge is -2.19. The number of pyridine rings is 1. The Kier molecular flexibility index (Phi) is 6.51. The van der Waals surface area contributed by atoms with E-state index >= 15 is 0 Å². The largest absolute Gasteiger partial charge is 0.398 e. The van der Waals surface area contributed by atoms with Gasteiger partial charge in [-0.2, -0.15) is 0 Å². The van der Waals surface area contributed by atoms with Gasteiger partial charge < -0.3 is 20.7 Å². The van der Waals surface area contributed by atoms with Crippen LogP contribution < -0.4 is 16.4 Å². The summed E-state index contributed by atoms with van der Waals surface area (Å²) < 4.78 is 5.19. The van der Waals surface area contributed by atoms with Crippen molar-refractivity contribution in [1.29, 1.82) is 5.41 Å². The third-order valence-corrected chi connectivity index (χ3v) is 3.72. The number of carbonyl (C=O) groups is 1. The zero-order valence-corrected chi connectivity index (χ0v) is 15.1. The van der Waals surface area contributed by atoms with Gasteiger partial charge in [-0.15, -0.1) is 0 Å². The van der Waals surface area contributed by atoms with Crippen molar-refractivity contribution in [1.82, 2.24) is 15.2 Å². The van der Waals surface area contributed by atoms with Crippen LogP contribution in [0.3, 0.4) is 0 Å². The predicted octanol–water partition coefficient (Wildman–Crippen LogP) is 2.06. The molecule has 0 saturated carbocycles. The second-order valence-corrected chi connectivity index (χ2v) is 5.92. The maximum Gasteiger partial charge on any atom is 0.320 e. The highest BCUT2D eigenvalue weighted by atomic mass is 16.5. The summed E-state index contributed by atoms with van der Waals surface area (Å²) in [5, 5.41) is 13.5. The van der Waals surface area contributed by atoms with E-state index in [1.165, 1.54) is 12.3 Å². The molecule has 2 aromatic rings. The molecular weight excluding hydrogens is 332 g/mol. The second-order valence-electron chi connectivity index (χ2n) is 5.92. The Morgan fingerprint density at radius 2 is 2.04 bits per heavy atom. The highest BCUT2D eigenvalue weighted by Crippen LogP contribution is 2.17. The van der Waals surface area contributed by atoms with E-state index in [9.17, 15) is 4.79 Å². The van der Waals surface area contributed by atoms with Gasteiger partial charge in [0.1, 0.15) is 11.7 Å². The molecule has 0 aliphatic heterocycles. The van der Waals surface area contributed by atoms with Gasteiger partial charge in [-0.3, -0.25) is 10.7 Å². The first-order valence-electron chi connectivity index (χ1n) is 8.05. The standard InChI is InChI=1S/C18H24N6O2/c1-24(2)17(20)13-10-21-16(9-14(13)19)23-18(25)22-15(11-26-3)12-7-5-4-6-8-12/h4-10,15,20H,11H2,1-3H3,(H4,19,21,22,23,25)/t15-/m1/s1. The number of nitrogen functional groups attached to an aromatic ring is 1. The monoisotopic (exact) mass is 356 g/mol. The molecule has 0 spiro atoms. The van der Waals surface area contributed by atoms with E-state index in [0.29, 0.717) is 23.7 Å². The lowest BCUT2D eigenvalue weighted by molar-refractivity contribution is 0.168. The minimum Gasteiger partial charge on any atom is -0.398 e. The Bertz CT molecular complexity index is 764. The van der Waals surface area contributed by atoms with Crippen LogP contribution in [0.1, 0.15) is 17.2 Å². The highest BCUT2D eigenvalue weighted by Gasteiger charge is 2.15. The maximum atomic E-state index is 12.3. The number of hydrogen-bond donors (Lipinski definition) is 4. The lowest BCUT2D eigenvalue weighted by Crippen LogP contribution is -2.35. The van der Waals surface area contributed by atoms with Crippen LogP contribution in [-0.2, 0) is 4.74 Å². The summed E-state index contributed by atoms with van der Waals surface area (Å²) in [6, 6.07) is 10.4. The van der Waals surface area contributed by atoms with Gasteiger partial charge in [0.2, 0.25) is 0 Å². The number of aromatic nitrogens is 1. The first-order valence-corrected chi connectivity index (χ1v) is 8.05. The van der Waals surface area contributed by atoms with E-state index in [1.54, 1.807) is 26.1 Å². The van der Waals surface area contributed by atoms with Crippen molar-refractivity contribution in [3.63, 3.8) is 0 Å². The van der Waals surface area contributed by atoms with Crippen molar-refractivity contribution in [3.8, 4) is 0 Å². The fourth-order valence-corrected chi connectivity index (χ4v) is 2.36. The molecule has 0 aliphatic rings. The quantitative estimate of drug-likeness (QED) is 0.467. The average molecular weight is 356 g/mol. The van der Waals surface area contributed by atoms with Crippen molar-refractivity contribution < 1.29 is 9.53 Å². The number of rotatable bonds is 6. The van der Waals surface area contributed by atoms with Gasteiger partial charge in [-0.05, 0) is 5.56 Å². The van der Waals surface area contributed by atoms with E-state index in [2.05, 4.69) is 15.6 Å². The first kappa shape index (κ1) is 19.2. The van der Waals surface area contributed by atoms with E-state index in [-0.39, 0.29) is 11.9 Å². The van der Waals surface area contributed by atoms with Gasteiger partial charge in [0.05, 0.1) is 18.2 Å². The minimum absolute atomic E-state index is 0.246. The fourth-order valence-electron chi connectivity index (χ4n) is 2.36. The molecule has 0 saturated heterocycles. The van der Waals surface area contributed by atoms with Crippen LogP contribution in [0.4, 0.5) is 16.3 Å². The number of carbonyl (C=O) groups excluding carboxylic acids is 1. The molecule has 8 heteroatoms. The number of ether oxygens (including phenoxy) is 1. The van der Waals surface area contributed by atoms with Crippen LogP contribution in [0.15, 0.2) is 42.6 Å². The van der Waals surface area contributed by atoms with Crippen LogP contribution in [0, 0.1) is 5.41 Å². The van der Waals surface area contributed by atoms with Gasteiger partial charge in [-0.25, -0.2) is 9.78 Å². The van der Waals surface area contributed by atoms with Gasteiger partial charge in [0.15, 0.2) is 0 Å². The number of nitrogens with two attached hydrogens (primary N) is 1. The predicted molar refractivity (Wildman–Crippen MR) is 102 cm³/mol. The van der Waals surface area contributed by atoms with Gasteiger partial charge in [-0.1, -0.05) is 30.3 Å². The zero-order valence-electron chi connectivity index (χ0n) is 15.1. The number of nitrogens with one attached hydrogen (secondary N) is 3. The summed E-state index contributed by atoms with van der Waals surface area (Å²) in [7, 11) is 5.08. The van der Waals surface area contributed by atoms with E-state index < -0.39 is 6.03 Å². The van der Waals surface area contributed by atoms with Crippen LogP contribution in [0.25, 0.3) is 0 Å². The molecule has 2 amide bonds. The van der Waals surface area contributed by atoms with Gasteiger partial charge in [0, 0.05) is 39.2 Å². The number of amides is 2. The van der Waals surface area contributed by atoms with Crippen molar-refractivity contribution in [3.05, 3.63) is 53.7 Å². The Labute approximate surface area is 152 Å². The molecule has 2 rings (SSSR count). The molecule has 26 heavy (non-hydrogen) atoms. The molecule has 1 heterocycles. The number of anilines is 2. The fraction of sp³-hybridized carbons (Fsp3) is 0.278. The molecule has 8 nitrogen and oxygen atoms in total. The van der Waals surface area contributed by atoms with Crippen molar-refractivity contribution in [2.45, 2.75) is 6.04 Å². The van der Waals surface area contributed by atoms with Crippen LogP contribution in [0.5, 0.6) is 0 Å². The van der Waals surface area contributed by atoms with Gasteiger partial charge >= 0.3 is 6.03 Å². The summed E-state index contributed by atoms with van der Waals surface area (Å²) in [6.07, 6.45) is 1.47. The molecule has 0 unspecified atom stereocenters. The Balaban J connectivity index is 2.07. The number of hydrogen-bond acceptors (Lipinski definition) is 5. The normalized spacial score (nSPS) is 11.5. The summed E-state index contributed by atoms with van der Waals surface area (Å²) in [4.78, 5) is 18.1. The topological polar surface area (TPSA) is 116 Å². The number of urea groups is 1. The zero-order chi connectivity index (χ0) is 19.1. The molecule has 138 valence electrons. The molecule has 0 bridgehead atoms. The smallest absolute Gasteiger partial charge is 0.320 e. The minimum atomic E-state index is -0.418. The first-order chi connectivity index (χ1) is 12.4. The Morgan fingerprint density at radius 1 is 1.35 bits per heavy atom. The average Bonchev–Trinajstić information content (AvgIpc) is 2.61. The SMILES string of the molecule is COC[C@@H](NC(=O)Nc1cc(N)c(C(=N)N(C)C)cn1)c1ccccc1. The summed E-state index contributed by atoms with van der Waals surface area (Å²) in [6.45, 7) is 0.339. The molecule has 0 aliphatic carbocycles. The van der Waals surface area contributed by atoms with Crippen molar-refractivity contribution in [2.75, 3.05) is 38.9 Å². The summed E-state index contributed by atoms with van der Waals surface area (Å²) in [5.41, 5.74) is 7.78. The van der Waals surface area contributed by atoms with Crippen molar-refractivity contribution in [2.24, 2.45) is 0 Å². The number of methoxy groups -OCH3 is 1. The van der Waals surface area contributed by atoms with Crippen LogP contribution in [0.2, 0.25) is 0 Å². The Morgan fingerprint density at radius 3 is 2.62 bits per heavy atom. The van der Waals surface area contributed by atoms with Crippen molar-refractivity contribution >= 4 is 23.4 Å². The molecular formula is C18H24N6O2. The molecule has 5 N–H and O–H groups in total. The molecule has 1 aromatic carbocycles. The third kappa shape index (κ3) is 4.93. The molecule has 0 radical (unpaired) electrons.